The number of hydrogen-bond acceptors (Lipinski definition) is 7. The van der Waals surface area contributed by atoms with Crippen molar-refractivity contribution < 1.29 is 17.9 Å². The van der Waals surface area contributed by atoms with Gasteiger partial charge in [0, 0.05) is 31.0 Å². The van der Waals surface area contributed by atoms with Crippen molar-refractivity contribution in [3.63, 3.8) is 0 Å². The monoisotopic (exact) mass is 481 g/mol. The quantitative estimate of drug-likeness (QED) is 0.549. The molecule has 10 heteroatoms. The Kier molecular flexibility index (Phi) is 7.36. The number of anilines is 1. The van der Waals surface area contributed by atoms with E-state index >= 15 is 0 Å². The highest BCUT2D eigenvalue weighted by Crippen LogP contribution is 2.25. The van der Waals surface area contributed by atoms with E-state index in [1.165, 1.54) is 18.3 Å². The smallest absolute Gasteiger partial charge is 0.274 e. The van der Waals surface area contributed by atoms with E-state index in [1.807, 2.05) is 13.0 Å². The number of amides is 1. The highest BCUT2D eigenvalue weighted by Gasteiger charge is 2.23. The topological polar surface area (TPSA) is 114 Å². The second kappa shape index (κ2) is 10.6. The number of pyridine rings is 1. The fraction of sp³-hybridized carbons (Fsp3) is 0.333. The Balaban J connectivity index is 1.62. The molecular formula is C24H27N5O4S. The number of nitrogens with one attached hydrogen (secondary N) is 1. The number of carbonyl (C=O) groups is 1. The summed E-state index contributed by atoms with van der Waals surface area (Å²) in [7, 11) is -3.93. The van der Waals surface area contributed by atoms with E-state index in [1.54, 1.807) is 35.5 Å². The molecule has 0 atom stereocenters. The molecule has 1 N–H and O–H groups in total. The zero-order valence-electron chi connectivity index (χ0n) is 19.0. The molecule has 1 saturated heterocycles. The van der Waals surface area contributed by atoms with Crippen LogP contribution in [0.15, 0.2) is 59.9 Å². The van der Waals surface area contributed by atoms with Gasteiger partial charge in [0.25, 0.3) is 21.8 Å². The molecular weight excluding hydrogens is 454 g/mol. The molecule has 3 heterocycles. The van der Waals surface area contributed by atoms with Crippen molar-refractivity contribution in [1.29, 1.82) is 0 Å². The highest BCUT2D eigenvalue weighted by atomic mass is 32.2. The van der Waals surface area contributed by atoms with Crippen LogP contribution in [0.25, 0.3) is 0 Å². The molecule has 2 aromatic heterocycles. The number of sulfonamides is 1. The second-order valence-corrected chi connectivity index (χ2v) is 9.87. The Morgan fingerprint density at radius 1 is 1.06 bits per heavy atom. The van der Waals surface area contributed by atoms with E-state index in [2.05, 4.69) is 19.7 Å². The maximum Gasteiger partial charge on any atom is 0.274 e. The number of benzene rings is 1. The Labute approximate surface area is 199 Å². The Bertz CT molecular complexity index is 1230. The lowest BCUT2D eigenvalue weighted by atomic mass is 10.2. The van der Waals surface area contributed by atoms with Gasteiger partial charge in [-0.2, -0.15) is 0 Å². The summed E-state index contributed by atoms with van der Waals surface area (Å²) in [5.74, 6) is -0.398. The van der Waals surface area contributed by atoms with E-state index in [4.69, 9.17) is 4.74 Å². The molecule has 4 rings (SSSR count). The van der Waals surface area contributed by atoms with E-state index in [0.717, 1.165) is 36.8 Å². The summed E-state index contributed by atoms with van der Waals surface area (Å²) in [5.41, 5.74) is 1.82. The Morgan fingerprint density at radius 3 is 2.47 bits per heavy atom. The van der Waals surface area contributed by atoms with Crippen LogP contribution >= 0.6 is 0 Å². The van der Waals surface area contributed by atoms with Gasteiger partial charge in [-0.05, 0) is 38.0 Å². The van der Waals surface area contributed by atoms with E-state index < -0.39 is 10.0 Å². The van der Waals surface area contributed by atoms with Gasteiger partial charge in [0.15, 0.2) is 5.69 Å². The third-order valence-electron chi connectivity index (χ3n) is 5.51. The van der Waals surface area contributed by atoms with E-state index in [9.17, 15) is 13.2 Å². The van der Waals surface area contributed by atoms with Crippen molar-refractivity contribution in [2.45, 2.75) is 44.1 Å². The molecule has 0 unspecified atom stereocenters. The van der Waals surface area contributed by atoms with Gasteiger partial charge in [0.2, 0.25) is 5.82 Å². The molecule has 178 valence electrons. The minimum absolute atomic E-state index is 0.0692. The average molecular weight is 482 g/mol. The molecule has 0 saturated carbocycles. The molecule has 1 aromatic carbocycles. The molecule has 1 amide bonds. The summed E-state index contributed by atoms with van der Waals surface area (Å²) in [4.78, 5) is 27.5. The molecule has 9 nitrogen and oxygen atoms in total. The first kappa shape index (κ1) is 23.6. The maximum atomic E-state index is 13.0. The molecule has 0 spiro atoms. The first-order valence-corrected chi connectivity index (χ1v) is 12.7. The molecule has 0 bridgehead atoms. The zero-order chi connectivity index (χ0) is 24.0. The number of carbonyl (C=O) groups excluding carboxylic acids is 1. The normalized spacial score (nSPS) is 14.3. The number of nitrogens with zero attached hydrogens (tertiary/aromatic N) is 4. The number of aryl methyl sites for hydroxylation is 1. The lowest BCUT2D eigenvalue weighted by Gasteiger charge is -2.20. The van der Waals surface area contributed by atoms with Gasteiger partial charge < -0.3 is 9.64 Å². The number of ether oxygens (including phenoxy) is 1. The molecule has 1 aliphatic heterocycles. The van der Waals surface area contributed by atoms with Gasteiger partial charge in [0.1, 0.15) is 6.61 Å². The summed E-state index contributed by atoms with van der Waals surface area (Å²) in [6.45, 7) is 3.28. The van der Waals surface area contributed by atoms with Crippen LogP contribution in [0, 0.1) is 6.92 Å². The largest absolute Gasteiger partial charge is 0.470 e. The molecule has 0 aliphatic carbocycles. The summed E-state index contributed by atoms with van der Waals surface area (Å²) < 4.78 is 34.1. The van der Waals surface area contributed by atoms with Crippen molar-refractivity contribution >= 4 is 21.7 Å². The van der Waals surface area contributed by atoms with Gasteiger partial charge in [-0.3, -0.25) is 14.5 Å². The number of rotatable bonds is 7. The van der Waals surface area contributed by atoms with Crippen molar-refractivity contribution in [1.82, 2.24) is 19.9 Å². The second-order valence-electron chi connectivity index (χ2n) is 8.18. The van der Waals surface area contributed by atoms with Crippen molar-refractivity contribution in [3.8, 4) is 5.88 Å². The lowest BCUT2D eigenvalue weighted by molar-refractivity contribution is 0.0754. The van der Waals surface area contributed by atoms with Crippen LogP contribution in [0.5, 0.6) is 5.88 Å². The minimum Gasteiger partial charge on any atom is -0.470 e. The summed E-state index contributed by atoms with van der Waals surface area (Å²) in [5, 5.41) is 0. The van der Waals surface area contributed by atoms with Crippen LogP contribution in [0.4, 0.5) is 5.82 Å². The summed E-state index contributed by atoms with van der Waals surface area (Å²) in [6.07, 6.45) is 8.64. The minimum atomic E-state index is -3.93. The molecule has 34 heavy (non-hydrogen) atoms. The van der Waals surface area contributed by atoms with Crippen molar-refractivity contribution in [2.24, 2.45) is 0 Å². The van der Waals surface area contributed by atoms with E-state index in [-0.39, 0.29) is 34.8 Å². The van der Waals surface area contributed by atoms with Gasteiger partial charge in [-0.25, -0.2) is 18.4 Å². The first-order chi connectivity index (χ1) is 16.4. The third-order valence-corrected chi connectivity index (χ3v) is 6.87. The van der Waals surface area contributed by atoms with Crippen molar-refractivity contribution in [2.75, 3.05) is 17.8 Å². The highest BCUT2D eigenvalue weighted by molar-refractivity contribution is 7.92. The Hall–Kier alpha value is -3.53. The van der Waals surface area contributed by atoms with Crippen LogP contribution < -0.4 is 9.46 Å². The van der Waals surface area contributed by atoms with E-state index in [0.29, 0.717) is 13.1 Å². The van der Waals surface area contributed by atoms with Gasteiger partial charge in [-0.15, -0.1) is 0 Å². The van der Waals surface area contributed by atoms with Crippen LogP contribution in [0.3, 0.4) is 0 Å². The van der Waals surface area contributed by atoms with Crippen LogP contribution in [-0.2, 0) is 16.6 Å². The first-order valence-electron chi connectivity index (χ1n) is 11.2. The molecule has 0 radical (unpaired) electrons. The van der Waals surface area contributed by atoms with Crippen LogP contribution in [0.2, 0.25) is 0 Å². The van der Waals surface area contributed by atoms with Gasteiger partial charge in [0.05, 0.1) is 11.1 Å². The SMILES string of the molecule is Cc1ccc(S(=O)(=O)Nc2ncc(C(=O)N3CCCCCC3)nc2OCc2cccnc2)cc1. The van der Waals surface area contributed by atoms with Gasteiger partial charge >= 0.3 is 0 Å². The molecule has 1 fully saturated rings. The van der Waals surface area contributed by atoms with Crippen molar-refractivity contribution in [3.05, 3.63) is 71.8 Å². The Morgan fingerprint density at radius 2 is 1.79 bits per heavy atom. The fourth-order valence-corrected chi connectivity index (χ4v) is 4.63. The molecule has 1 aliphatic rings. The van der Waals surface area contributed by atoms with Crippen LogP contribution in [-0.4, -0.2) is 47.3 Å². The fourth-order valence-electron chi connectivity index (χ4n) is 3.62. The lowest BCUT2D eigenvalue weighted by Crippen LogP contribution is -2.32. The number of aromatic nitrogens is 3. The predicted octanol–water partition coefficient (Wildman–Crippen LogP) is 3.58. The van der Waals surface area contributed by atoms with Crippen LogP contribution in [0.1, 0.15) is 47.3 Å². The number of likely N-dealkylation sites (tertiary alicyclic amines) is 1. The molecule has 3 aromatic rings. The zero-order valence-corrected chi connectivity index (χ0v) is 19.8. The maximum absolute atomic E-state index is 13.0. The predicted molar refractivity (Wildman–Crippen MR) is 127 cm³/mol. The summed E-state index contributed by atoms with van der Waals surface area (Å²) in [6, 6.07) is 10.0. The summed E-state index contributed by atoms with van der Waals surface area (Å²) >= 11 is 0. The standard InChI is InChI=1S/C24H27N5O4S/c1-18-8-10-20(11-9-18)34(31,32)28-22-23(33-17-19-7-6-12-25-15-19)27-21(16-26-22)24(30)29-13-4-2-3-5-14-29/h6-12,15-16H,2-5,13-14,17H2,1H3,(H,26,28). The van der Waals surface area contributed by atoms with Gasteiger partial charge in [-0.1, -0.05) is 36.6 Å². The third kappa shape index (κ3) is 5.88. The average Bonchev–Trinajstić information content (AvgIpc) is 3.13. The number of hydrogen-bond donors (Lipinski definition) is 1.